The van der Waals surface area contributed by atoms with Gasteiger partial charge in [-0.1, -0.05) is 13.8 Å². The highest BCUT2D eigenvalue weighted by atomic mass is 127. The van der Waals surface area contributed by atoms with E-state index in [9.17, 15) is 8.42 Å². The van der Waals surface area contributed by atoms with Crippen LogP contribution < -0.4 is 10.6 Å². The van der Waals surface area contributed by atoms with Gasteiger partial charge in [-0.2, -0.15) is 0 Å². The molecule has 1 atom stereocenters. The van der Waals surface area contributed by atoms with E-state index in [1.54, 1.807) is 7.05 Å². The predicted molar refractivity (Wildman–Crippen MR) is 94.8 cm³/mol. The van der Waals surface area contributed by atoms with Gasteiger partial charge >= 0.3 is 0 Å². The summed E-state index contributed by atoms with van der Waals surface area (Å²) in [5, 5.41) is 6.40. The molecule has 0 aromatic heterocycles. The molecule has 1 aliphatic heterocycles. The maximum absolute atomic E-state index is 11.4. The van der Waals surface area contributed by atoms with E-state index in [0.717, 1.165) is 26.2 Å². The molecule has 1 aliphatic rings. The van der Waals surface area contributed by atoms with Gasteiger partial charge in [0.15, 0.2) is 15.8 Å². The van der Waals surface area contributed by atoms with Crippen molar-refractivity contribution in [2.45, 2.75) is 26.3 Å². The smallest absolute Gasteiger partial charge is 0.191 e. The summed E-state index contributed by atoms with van der Waals surface area (Å²) in [7, 11) is -1.14. The van der Waals surface area contributed by atoms with Gasteiger partial charge in [0, 0.05) is 26.2 Å². The van der Waals surface area contributed by atoms with Crippen LogP contribution in [0.25, 0.3) is 0 Å². The van der Waals surface area contributed by atoms with E-state index in [4.69, 9.17) is 0 Å². The maximum Gasteiger partial charge on any atom is 0.191 e. The number of halogens is 1. The molecule has 120 valence electrons. The summed E-state index contributed by atoms with van der Waals surface area (Å²) in [4.78, 5) is 6.45. The third kappa shape index (κ3) is 7.07. The minimum atomic E-state index is -2.84. The van der Waals surface area contributed by atoms with Crippen molar-refractivity contribution in [1.29, 1.82) is 0 Å². The van der Waals surface area contributed by atoms with Crippen LogP contribution in [0.5, 0.6) is 0 Å². The number of nitrogens with one attached hydrogen (secondary N) is 2. The summed E-state index contributed by atoms with van der Waals surface area (Å²) < 4.78 is 22.8. The number of guanidine groups is 1. The topological polar surface area (TPSA) is 73.8 Å². The molecule has 1 heterocycles. The minimum Gasteiger partial charge on any atom is -0.355 e. The highest BCUT2D eigenvalue weighted by Gasteiger charge is 2.28. The first-order chi connectivity index (χ1) is 9.00. The van der Waals surface area contributed by atoms with Gasteiger partial charge in [-0.15, -0.1) is 24.0 Å². The quantitative estimate of drug-likeness (QED) is 0.369. The first kappa shape index (κ1) is 19.9. The molecule has 1 fully saturated rings. The zero-order valence-corrected chi connectivity index (χ0v) is 15.7. The van der Waals surface area contributed by atoms with E-state index in [1.807, 2.05) is 0 Å². The molecule has 0 saturated carbocycles. The highest BCUT2D eigenvalue weighted by molar-refractivity contribution is 14.0. The van der Waals surface area contributed by atoms with Crippen LogP contribution in [0.1, 0.15) is 20.3 Å². The van der Waals surface area contributed by atoms with E-state index in [0.29, 0.717) is 12.4 Å². The largest absolute Gasteiger partial charge is 0.355 e. The lowest BCUT2D eigenvalue weighted by Gasteiger charge is -2.20. The molecule has 0 aliphatic carbocycles. The number of aliphatic imine (C=N–C) groups is 1. The summed E-state index contributed by atoms with van der Waals surface area (Å²) in [6, 6.07) is -0.00958. The Morgan fingerprint density at radius 3 is 2.45 bits per heavy atom. The van der Waals surface area contributed by atoms with Crippen molar-refractivity contribution in [3.05, 3.63) is 0 Å². The fraction of sp³-hybridized carbons (Fsp3) is 0.917. The van der Waals surface area contributed by atoms with E-state index in [2.05, 4.69) is 34.4 Å². The van der Waals surface area contributed by atoms with Gasteiger partial charge in [0.25, 0.3) is 0 Å². The van der Waals surface area contributed by atoms with Crippen LogP contribution >= 0.6 is 24.0 Å². The van der Waals surface area contributed by atoms with E-state index < -0.39 is 9.84 Å². The Morgan fingerprint density at radius 2 is 2.00 bits per heavy atom. The molecule has 1 saturated heterocycles. The monoisotopic (exact) mass is 418 g/mol. The molecule has 1 rings (SSSR count). The lowest BCUT2D eigenvalue weighted by Crippen LogP contribution is -2.46. The molecule has 8 heteroatoms. The lowest BCUT2D eigenvalue weighted by atomic mass is 10.3. The molecular weight excluding hydrogens is 391 g/mol. The second-order valence-corrected chi connectivity index (χ2v) is 7.00. The van der Waals surface area contributed by atoms with Crippen molar-refractivity contribution in [1.82, 2.24) is 15.5 Å². The normalized spacial score (nSPS) is 21.6. The van der Waals surface area contributed by atoms with Crippen LogP contribution in [0.3, 0.4) is 0 Å². The molecule has 0 amide bonds. The maximum atomic E-state index is 11.4. The minimum absolute atomic E-state index is 0. The fourth-order valence-electron chi connectivity index (χ4n) is 2.17. The van der Waals surface area contributed by atoms with Crippen LogP contribution in [0, 0.1) is 0 Å². The molecule has 0 bridgehead atoms. The summed E-state index contributed by atoms with van der Waals surface area (Å²) in [6.07, 6.45) is 0.666. The van der Waals surface area contributed by atoms with Crippen molar-refractivity contribution in [3.8, 4) is 0 Å². The van der Waals surface area contributed by atoms with Gasteiger partial charge in [0.1, 0.15) is 0 Å². The Kier molecular flexibility index (Phi) is 9.73. The van der Waals surface area contributed by atoms with Crippen LogP contribution in [0.15, 0.2) is 4.99 Å². The van der Waals surface area contributed by atoms with Crippen molar-refractivity contribution in [3.63, 3.8) is 0 Å². The molecule has 20 heavy (non-hydrogen) atoms. The van der Waals surface area contributed by atoms with Gasteiger partial charge in [0.05, 0.1) is 11.5 Å². The number of hydrogen-bond donors (Lipinski definition) is 2. The van der Waals surface area contributed by atoms with Crippen LogP contribution in [-0.2, 0) is 9.84 Å². The van der Waals surface area contributed by atoms with E-state index >= 15 is 0 Å². The number of hydrogen-bond acceptors (Lipinski definition) is 4. The molecule has 0 aromatic carbocycles. The van der Waals surface area contributed by atoms with Crippen molar-refractivity contribution >= 4 is 39.8 Å². The Morgan fingerprint density at radius 1 is 1.35 bits per heavy atom. The van der Waals surface area contributed by atoms with Crippen LogP contribution in [-0.4, -0.2) is 70.1 Å². The first-order valence-electron chi connectivity index (χ1n) is 6.90. The second kappa shape index (κ2) is 9.78. The zero-order chi connectivity index (χ0) is 14.3. The predicted octanol–water partition coefficient (Wildman–Crippen LogP) is 0.298. The average molecular weight is 418 g/mol. The number of nitrogens with zero attached hydrogens (tertiary/aromatic N) is 2. The van der Waals surface area contributed by atoms with Gasteiger partial charge in [-0.05, 0) is 19.5 Å². The Bertz CT molecular complexity index is 396. The first-order valence-corrected chi connectivity index (χ1v) is 8.72. The molecule has 0 radical (unpaired) electrons. The SMILES string of the molecule is CCN(CC)CCNC(=NC)NC1CCS(=O)(=O)C1.I. The third-order valence-corrected chi connectivity index (χ3v) is 5.18. The number of sulfone groups is 1. The Labute approximate surface area is 139 Å². The molecule has 1 unspecified atom stereocenters. The summed E-state index contributed by atoms with van der Waals surface area (Å²) in [5.41, 5.74) is 0. The van der Waals surface area contributed by atoms with E-state index in [1.165, 1.54) is 0 Å². The molecule has 0 spiro atoms. The number of likely N-dealkylation sites (N-methyl/N-ethyl adjacent to an activating group) is 1. The van der Waals surface area contributed by atoms with Crippen molar-refractivity contribution in [2.75, 3.05) is 44.7 Å². The molecule has 6 nitrogen and oxygen atoms in total. The third-order valence-electron chi connectivity index (χ3n) is 3.41. The van der Waals surface area contributed by atoms with Gasteiger partial charge in [0.2, 0.25) is 0 Å². The van der Waals surface area contributed by atoms with Crippen molar-refractivity contribution < 1.29 is 8.42 Å². The van der Waals surface area contributed by atoms with Gasteiger partial charge in [-0.25, -0.2) is 8.42 Å². The van der Waals surface area contributed by atoms with Gasteiger partial charge in [-0.3, -0.25) is 4.99 Å². The fourth-order valence-corrected chi connectivity index (χ4v) is 3.84. The van der Waals surface area contributed by atoms with Crippen molar-refractivity contribution in [2.24, 2.45) is 4.99 Å². The Hall–Kier alpha value is -0.0900. The molecule has 2 N–H and O–H groups in total. The van der Waals surface area contributed by atoms with E-state index in [-0.39, 0.29) is 41.5 Å². The second-order valence-electron chi connectivity index (χ2n) is 4.77. The molecule has 0 aromatic rings. The summed E-state index contributed by atoms with van der Waals surface area (Å²) in [6.45, 7) is 8.10. The lowest BCUT2D eigenvalue weighted by molar-refractivity contribution is 0.308. The Balaban J connectivity index is 0.00000361. The standard InChI is InChI=1S/C12H26N4O2S.HI/c1-4-16(5-2)8-7-14-12(13-3)15-11-6-9-19(17,18)10-11;/h11H,4-10H2,1-3H3,(H2,13,14,15);1H. The van der Waals surface area contributed by atoms with Gasteiger partial charge < -0.3 is 15.5 Å². The number of rotatable bonds is 6. The summed E-state index contributed by atoms with van der Waals surface area (Å²) in [5.74, 6) is 1.18. The summed E-state index contributed by atoms with van der Waals surface area (Å²) >= 11 is 0. The van der Waals surface area contributed by atoms with Crippen LogP contribution in [0.2, 0.25) is 0 Å². The molecular formula is C12H27IN4O2S. The van der Waals surface area contributed by atoms with Crippen LogP contribution in [0.4, 0.5) is 0 Å². The average Bonchev–Trinajstić information content (AvgIpc) is 2.72. The highest BCUT2D eigenvalue weighted by Crippen LogP contribution is 2.10. The zero-order valence-electron chi connectivity index (χ0n) is 12.6.